The van der Waals surface area contributed by atoms with Crippen LogP contribution in [0.2, 0.25) is 0 Å². The van der Waals surface area contributed by atoms with Crippen LogP contribution in [0.1, 0.15) is 27.0 Å². The van der Waals surface area contributed by atoms with Gasteiger partial charge in [-0.3, -0.25) is 24.3 Å². The van der Waals surface area contributed by atoms with Crippen molar-refractivity contribution in [3.05, 3.63) is 97.3 Å². The Bertz CT molecular complexity index is 1240. The van der Waals surface area contributed by atoms with Crippen LogP contribution in [0.25, 0.3) is 0 Å². The molecule has 1 heterocycles. The van der Waals surface area contributed by atoms with Gasteiger partial charge in [0.1, 0.15) is 17.4 Å². The minimum Gasteiger partial charge on any atom is -0.494 e. The molecular formula is C22H17N3O6. The van der Waals surface area contributed by atoms with E-state index in [0.29, 0.717) is 5.56 Å². The molecule has 0 aliphatic rings. The average molecular weight is 419 g/mol. The lowest BCUT2D eigenvalue weighted by molar-refractivity contribution is -0.384. The predicted octanol–water partition coefficient (Wildman–Crippen LogP) is 2.95. The fourth-order valence-corrected chi connectivity index (χ4v) is 3.08. The Kier molecular flexibility index (Phi) is 6.12. The molecule has 0 aliphatic heterocycles. The minimum absolute atomic E-state index is 0.0239. The summed E-state index contributed by atoms with van der Waals surface area (Å²) < 4.78 is 6.35. The van der Waals surface area contributed by atoms with Crippen molar-refractivity contribution in [2.45, 2.75) is 13.5 Å². The van der Waals surface area contributed by atoms with Gasteiger partial charge in [0.15, 0.2) is 6.61 Å². The summed E-state index contributed by atoms with van der Waals surface area (Å²) in [6, 6.07) is 15.8. The summed E-state index contributed by atoms with van der Waals surface area (Å²) in [6.07, 6.45) is 0. The van der Waals surface area contributed by atoms with Gasteiger partial charge in [-0.15, -0.1) is 0 Å². The molecule has 9 nitrogen and oxygen atoms in total. The maximum atomic E-state index is 12.8. The van der Waals surface area contributed by atoms with Crippen molar-refractivity contribution in [3.63, 3.8) is 0 Å². The summed E-state index contributed by atoms with van der Waals surface area (Å²) in [7, 11) is 0. The average Bonchev–Trinajstić information content (AvgIpc) is 2.76. The first-order valence-electron chi connectivity index (χ1n) is 9.14. The molecule has 0 spiro atoms. The van der Waals surface area contributed by atoms with Gasteiger partial charge in [-0.1, -0.05) is 30.3 Å². The van der Waals surface area contributed by atoms with Crippen LogP contribution in [-0.2, 0) is 6.54 Å². The SMILES string of the molecule is Cc1c(C(=O)COc2ccc([N+](=O)[O-])cc2)c(O)n(Cc2ccccc2)c(=O)c1C#N. The van der Waals surface area contributed by atoms with Crippen LogP contribution in [0.4, 0.5) is 5.69 Å². The Balaban J connectivity index is 1.93. The van der Waals surface area contributed by atoms with Crippen molar-refractivity contribution >= 4 is 11.5 Å². The Labute approximate surface area is 176 Å². The van der Waals surface area contributed by atoms with E-state index < -0.39 is 28.8 Å². The molecule has 0 aliphatic carbocycles. The number of aromatic hydroxyl groups is 1. The van der Waals surface area contributed by atoms with Gasteiger partial charge in [-0.2, -0.15) is 5.26 Å². The van der Waals surface area contributed by atoms with Crippen LogP contribution in [0.5, 0.6) is 11.6 Å². The molecule has 1 aromatic heterocycles. The van der Waals surface area contributed by atoms with Crippen LogP contribution in [0, 0.1) is 28.4 Å². The highest BCUT2D eigenvalue weighted by molar-refractivity contribution is 6.01. The van der Waals surface area contributed by atoms with Gasteiger partial charge in [-0.05, 0) is 30.2 Å². The molecule has 0 saturated carbocycles. The van der Waals surface area contributed by atoms with Crippen molar-refractivity contribution in [3.8, 4) is 17.7 Å². The number of nitro benzene ring substituents is 1. The minimum atomic E-state index is -0.700. The molecule has 0 fully saturated rings. The molecule has 2 aromatic carbocycles. The molecule has 0 unspecified atom stereocenters. The van der Waals surface area contributed by atoms with Gasteiger partial charge in [0.05, 0.1) is 17.0 Å². The van der Waals surface area contributed by atoms with E-state index in [1.54, 1.807) is 36.4 Å². The summed E-state index contributed by atoms with van der Waals surface area (Å²) in [5, 5.41) is 30.8. The van der Waals surface area contributed by atoms with Crippen LogP contribution in [-0.4, -0.2) is 27.0 Å². The molecule has 0 saturated heterocycles. The summed E-state index contributed by atoms with van der Waals surface area (Å²) >= 11 is 0. The maximum absolute atomic E-state index is 12.8. The largest absolute Gasteiger partial charge is 0.494 e. The van der Waals surface area contributed by atoms with Crippen LogP contribution in [0.3, 0.4) is 0 Å². The summed E-state index contributed by atoms with van der Waals surface area (Å²) in [5.74, 6) is -0.983. The van der Waals surface area contributed by atoms with E-state index in [9.17, 15) is 30.1 Å². The maximum Gasteiger partial charge on any atom is 0.271 e. The second kappa shape index (κ2) is 8.92. The van der Waals surface area contributed by atoms with Crippen molar-refractivity contribution in [1.29, 1.82) is 5.26 Å². The lowest BCUT2D eigenvalue weighted by Gasteiger charge is -2.16. The number of hydrogen-bond donors (Lipinski definition) is 1. The number of benzene rings is 2. The number of carbonyl (C=O) groups excluding carboxylic acids is 1. The number of ether oxygens (including phenoxy) is 1. The molecule has 31 heavy (non-hydrogen) atoms. The third kappa shape index (κ3) is 4.43. The highest BCUT2D eigenvalue weighted by Crippen LogP contribution is 2.24. The molecule has 0 radical (unpaired) electrons. The standard InChI is InChI=1S/C22H17N3O6/c1-14-18(11-23)21(27)24(12-15-5-3-2-4-6-15)22(28)20(14)19(26)13-31-17-9-7-16(8-10-17)25(29)30/h2-10,28H,12-13H2,1H3. The van der Waals surface area contributed by atoms with Gasteiger partial charge in [0, 0.05) is 12.1 Å². The Morgan fingerprint density at radius 3 is 2.42 bits per heavy atom. The number of nitriles is 1. The zero-order valence-corrected chi connectivity index (χ0v) is 16.4. The molecule has 3 aromatic rings. The summed E-state index contributed by atoms with van der Waals surface area (Å²) in [6.45, 7) is 0.885. The fourth-order valence-electron chi connectivity index (χ4n) is 3.08. The van der Waals surface area contributed by atoms with Crippen molar-refractivity contribution < 1.29 is 19.6 Å². The highest BCUT2D eigenvalue weighted by Gasteiger charge is 2.24. The Morgan fingerprint density at radius 1 is 1.19 bits per heavy atom. The van der Waals surface area contributed by atoms with E-state index in [1.165, 1.54) is 31.2 Å². The number of nitrogens with zero attached hydrogens (tertiary/aromatic N) is 3. The predicted molar refractivity (Wildman–Crippen MR) is 110 cm³/mol. The second-order valence-electron chi connectivity index (χ2n) is 6.65. The quantitative estimate of drug-likeness (QED) is 0.353. The second-order valence-corrected chi connectivity index (χ2v) is 6.65. The van der Waals surface area contributed by atoms with Crippen LogP contribution >= 0.6 is 0 Å². The van der Waals surface area contributed by atoms with Crippen LogP contribution < -0.4 is 10.3 Å². The molecule has 156 valence electrons. The molecule has 0 amide bonds. The van der Waals surface area contributed by atoms with Crippen molar-refractivity contribution in [1.82, 2.24) is 4.57 Å². The van der Waals surface area contributed by atoms with E-state index >= 15 is 0 Å². The number of hydrogen-bond acceptors (Lipinski definition) is 7. The number of nitro groups is 1. The number of rotatable bonds is 7. The molecule has 1 N–H and O–H groups in total. The zero-order chi connectivity index (χ0) is 22.5. The van der Waals surface area contributed by atoms with E-state index in [0.717, 1.165) is 4.57 Å². The van der Waals surface area contributed by atoms with Crippen molar-refractivity contribution in [2.24, 2.45) is 0 Å². The Morgan fingerprint density at radius 2 is 1.84 bits per heavy atom. The number of pyridine rings is 1. The van der Waals surface area contributed by atoms with Gasteiger partial charge < -0.3 is 9.84 Å². The number of non-ortho nitro benzene ring substituents is 1. The molecule has 9 heteroatoms. The van der Waals surface area contributed by atoms with Gasteiger partial charge in [-0.25, -0.2) is 0 Å². The molecule has 0 bridgehead atoms. The van der Waals surface area contributed by atoms with Gasteiger partial charge in [0.2, 0.25) is 11.7 Å². The third-order valence-corrected chi connectivity index (χ3v) is 4.68. The van der Waals surface area contributed by atoms with Gasteiger partial charge in [0.25, 0.3) is 11.2 Å². The lowest BCUT2D eigenvalue weighted by Crippen LogP contribution is -2.28. The number of Topliss-reactive ketones (excluding diaryl/α,β-unsaturated/α-hetero) is 1. The summed E-state index contributed by atoms with van der Waals surface area (Å²) in [4.78, 5) is 35.6. The molecular weight excluding hydrogens is 402 g/mol. The normalized spacial score (nSPS) is 10.3. The number of carbonyl (C=O) groups is 1. The van der Waals surface area contributed by atoms with E-state index in [1.807, 2.05) is 0 Å². The summed E-state index contributed by atoms with van der Waals surface area (Å²) in [5.41, 5.74) is -0.491. The van der Waals surface area contributed by atoms with E-state index in [2.05, 4.69) is 0 Å². The first-order chi connectivity index (χ1) is 14.8. The highest BCUT2D eigenvalue weighted by atomic mass is 16.6. The zero-order valence-electron chi connectivity index (χ0n) is 16.4. The van der Waals surface area contributed by atoms with Crippen LogP contribution in [0.15, 0.2) is 59.4 Å². The first kappa shape index (κ1) is 21.3. The molecule has 3 rings (SSSR count). The Hall–Kier alpha value is -4.45. The molecule has 0 atom stereocenters. The fraction of sp³-hybridized carbons (Fsp3) is 0.136. The number of aromatic nitrogens is 1. The van der Waals surface area contributed by atoms with Gasteiger partial charge >= 0.3 is 0 Å². The smallest absolute Gasteiger partial charge is 0.271 e. The topological polar surface area (TPSA) is 135 Å². The van der Waals surface area contributed by atoms with Crippen molar-refractivity contribution in [2.75, 3.05) is 6.61 Å². The number of ketones is 1. The van der Waals surface area contributed by atoms with E-state index in [-0.39, 0.29) is 34.7 Å². The third-order valence-electron chi connectivity index (χ3n) is 4.68. The first-order valence-corrected chi connectivity index (χ1v) is 9.14. The monoisotopic (exact) mass is 419 g/mol. The lowest BCUT2D eigenvalue weighted by atomic mass is 10.0. The van der Waals surface area contributed by atoms with E-state index in [4.69, 9.17) is 4.74 Å².